The Morgan fingerprint density at radius 3 is 2.50 bits per heavy atom. The Morgan fingerprint density at radius 1 is 1.21 bits per heavy atom. The van der Waals surface area contributed by atoms with Crippen LogP contribution in [0.15, 0.2) is 23.0 Å². The molecule has 0 saturated heterocycles. The lowest BCUT2D eigenvalue weighted by Gasteiger charge is -2.40. The van der Waals surface area contributed by atoms with Gasteiger partial charge in [0.15, 0.2) is 11.5 Å². The number of nitrogens with one attached hydrogen (secondary N) is 2. The highest BCUT2D eigenvalue weighted by molar-refractivity contribution is 5.77. The van der Waals surface area contributed by atoms with Gasteiger partial charge in [-0.25, -0.2) is 0 Å². The summed E-state index contributed by atoms with van der Waals surface area (Å²) in [5, 5.41) is 16.5. The summed E-state index contributed by atoms with van der Waals surface area (Å²) in [6, 6.07) is 5.19. The molecule has 0 bridgehead atoms. The highest BCUT2D eigenvalue weighted by Gasteiger charge is 2.51. The fraction of sp³-hybridized carbons (Fsp3) is 0.500. The largest absolute Gasteiger partial charge is 0.493 e. The number of aromatic nitrogens is 2. The van der Waals surface area contributed by atoms with Crippen LogP contribution in [0.5, 0.6) is 11.5 Å². The monoisotopic (exact) mass is 390 g/mol. The van der Waals surface area contributed by atoms with Crippen LogP contribution in [0.2, 0.25) is 0 Å². The summed E-state index contributed by atoms with van der Waals surface area (Å²) >= 11 is 0. The molecule has 1 aliphatic rings. The third kappa shape index (κ3) is 3.40. The number of hydrogen-bond acceptors (Lipinski definition) is 6. The predicted molar refractivity (Wildman–Crippen MR) is 102 cm³/mol. The number of hydrogen-bond donors (Lipinski definition) is 3. The van der Waals surface area contributed by atoms with E-state index in [0.29, 0.717) is 28.3 Å². The summed E-state index contributed by atoms with van der Waals surface area (Å²) in [5.74, 6) is -1.23. The van der Waals surface area contributed by atoms with Gasteiger partial charge in [-0.3, -0.25) is 14.7 Å². The maximum absolute atomic E-state index is 13.0. The number of rotatable bonds is 5. The first-order chi connectivity index (χ1) is 13.2. The van der Waals surface area contributed by atoms with Gasteiger partial charge < -0.3 is 24.4 Å². The molecular weight excluding hydrogens is 364 g/mol. The quantitative estimate of drug-likeness (QED) is 0.670. The van der Waals surface area contributed by atoms with E-state index in [0.717, 1.165) is 0 Å². The maximum Gasteiger partial charge on any atom is 0.313 e. The van der Waals surface area contributed by atoms with E-state index in [-0.39, 0.29) is 18.1 Å². The molecule has 0 aliphatic heterocycles. The smallest absolute Gasteiger partial charge is 0.313 e. The highest BCUT2D eigenvalue weighted by atomic mass is 16.5. The van der Waals surface area contributed by atoms with E-state index in [4.69, 9.17) is 14.2 Å². The van der Waals surface area contributed by atoms with Crippen molar-refractivity contribution >= 4 is 5.97 Å². The first kappa shape index (κ1) is 20.0. The molecule has 0 amide bonds. The Labute approximate surface area is 162 Å². The molecule has 1 aromatic carbocycles. The molecule has 8 heteroatoms. The van der Waals surface area contributed by atoms with Gasteiger partial charge in [-0.15, -0.1) is 0 Å². The standard InChI is InChI=1S/C20H26N2O6/c1-10(2)28-19(24)17-15(11-6-7-13(26-4)14(8-11)27-5)16-12(9-20(17,3)25)21-22-18(16)23/h6-8,10,15,17,25H,9H2,1-5H3,(H2,21,22,23). The lowest BCUT2D eigenvalue weighted by Crippen LogP contribution is -2.50. The van der Waals surface area contributed by atoms with Gasteiger partial charge in [0.05, 0.1) is 31.8 Å². The lowest BCUT2D eigenvalue weighted by atomic mass is 9.66. The minimum atomic E-state index is -1.41. The summed E-state index contributed by atoms with van der Waals surface area (Å²) in [7, 11) is 3.04. The van der Waals surface area contributed by atoms with Gasteiger partial charge in [-0.2, -0.15) is 0 Å². The van der Waals surface area contributed by atoms with Crippen LogP contribution in [0.4, 0.5) is 0 Å². The average Bonchev–Trinajstić information content (AvgIpc) is 2.98. The maximum atomic E-state index is 13.0. The number of carbonyl (C=O) groups excluding carboxylic acids is 1. The second-order valence-electron chi connectivity index (χ2n) is 7.56. The van der Waals surface area contributed by atoms with E-state index in [1.54, 1.807) is 39.0 Å². The van der Waals surface area contributed by atoms with Crippen molar-refractivity contribution in [1.29, 1.82) is 0 Å². The number of aromatic amines is 2. The van der Waals surface area contributed by atoms with E-state index in [1.807, 2.05) is 0 Å². The van der Waals surface area contributed by atoms with Crippen LogP contribution in [0.25, 0.3) is 0 Å². The molecule has 3 atom stereocenters. The number of esters is 1. The molecule has 3 N–H and O–H groups in total. The zero-order valence-electron chi connectivity index (χ0n) is 16.7. The van der Waals surface area contributed by atoms with Crippen molar-refractivity contribution < 1.29 is 24.1 Å². The van der Waals surface area contributed by atoms with Crippen molar-refractivity contribution in [3.05, 3.63) is 45.4 Å². The third-order valence-electron chi connectivity index (χ3n) is 5.12. The molecule has 2 aromatic rings. The van der Waals surface area contributed by atoms with Gasteiger partial charge in [-0.1, -0.05) is 6.07 Å². The second kappa shape index (κ2) is 7.35. The van der Waals surface area contributed by atoms with E-state index in [2.05, 4.69) is 10.2 Å². The number of aliphatic hydroxyl groups is 1. The molecule has 0 radical (unpaired) electrons. The minimum Gasteiger partial charge on any atom is -0.493 e. The summed E-state index contributed by atoms with van der Waals surface area (Å²) in [4.78, 5) is 25.5. The van der Waals surface area contributed by atoms with Crippen molar-refractivity contribution in [2.75, 3.05) is 14.2 Å². The van der Waals surface area contributed by atoms with Gasteiger partial charge in [0.1, 0.15) is 0 Å². The fourth-order valence-electron chi connectivity index (χ4n) is 3.97. The molecule has 1 aliphatic carbocycles. The van der Waals surface area contributed by atoms with Gasteiger partial charge in [0.2, 0.25) is 0 Å². The molecule has 0 fully saturated rings. The predicted octanol–water partition coefficient (Wildman–Crippen LogP) is 1.73. The Hall–Kier alpha value is -2.74. The molecule has 28 heavy (non-hydrogen) atoms. The van der Waals surface area contributed by atoms with Crippen molar-refractivity contribution in [1.82, 2.24) is 10.2 Å². The summed E-state index contributed by atoms with van der Waals surface area (Å²) in [6.45, 7) is 5.08. The topological polar surface area (TPSA) is 114 Å². The number of ether oxygens (including phenoxy) is 3. The van der Waals surface area contributed by atoms with Gasteiger partial charge in [0.25, 0.3) is 5.56 Å². The zero-order valence-corrected chi connectivity index (χ0v) is 16.7. The van der Waals surface area contributed by atoms with E-state index < -0.39 is 23.4 Å². The second-order valence-corrected chi connectivity index (χ2v) is 7.56. The molecule has 0 saturated carbocycles. The number of benzene rings is 1. The van der Waals surface area contributed by atoms with Gasteiger partial charge >= 0.3 is 5.97 Å². The van der Waals surface area contributed by atoms with Crippen LogP contribution in [0.1, 0.15) is 43.5 Å². The van der Waals surface area contributed by atoms with Crippen LogP contribution < -0.4 is 15.0 Å². The summed E-state index contributed by atoms with van der Waals surface area (Å²) < 4.78 is 16.1. The van der Waals surface area contributed by atoms with Gasteiger partial charge in [0, 0.05) is 23.6 Å². The van der Waals surface area contributed by atoms with Crippen LogP contribution in [-0.4, -0.2) is 47.2 Å². The molecule has 152 valence electrons. The Morgan fingerprint density at radius 2 is 1.89 bits per heavy atom. The third-order valence-corrected chi connectivity index (χ3v) is 5.12. The number of methoxy groups -OCH3 is 2. The molecule has 0 spiro atoms. The zero-order chi connectivity index (χ0) is 20.6. The Balaban J connectivity index is 2.21. The van der Waals surface area contributed by atoms with E-state index in [1.165, 1.54) is 14.2 Å². The van der Waals surface area contributed by atoms with E-state index in [9.17, 15) is 14.7 Å². The highest BCUT2D eigenvalue weighted by Crippen LogP contribution is 2.46. The first-order valence-electron chi connectivity index (χ1n) is 9.13. The summed E-state index contributed by atoms with van der Waals surface area (Å²) in [6.07, 6.45) is -0.219. The van der Waals surface area contributed by atoms with Crippen LogP contribution >= 0.6 is 0 Å². The van der Waals surface area contributed by atoms with Gasteiger partial charge in [-0.05, 0) is 38.5 Å². The normalized spacial score (nSPS) is 24.0. The minimum absolute atomic E-state index is 0.128. The van der Waals surface area contributed by atoms with Crippen LogP contribution in [-0.2, 0) is 16.0 Å². The van der Waals surface area contributed by atoms with Crippen LogP contribution in [0.3, 0.4) is 0 Å². The number of fused-ring (bicyclic) bond motifs is 1. The molecular formula is C20H26N2O6. The number of carbonyl (C=O) groups is 1. The molecule has 3 rings (SSSR count). The average molecular weight is 390 g/mol. The van der Waals surface area contributed by atoms with Crippen LogP contribution in [0, 0.1) is 5.92 Å². The number of H-pyrrole nitrogens is 2. The fourth-order valence-corrected chi connectivity index (χ4v) is 3.97. The molecule has 8 nitrogen and oxygen atoms in total. The first-order valence-corrected chi connectivity index (χ1v) is 9.13. The Kier molecular flexibility index (Phi) is 5.25. The SMILES string of the molecule is COc1ccc(C2c3c([nH][nH]c3=O)CC(C)(O)C2C(=O)OC(C)C)cc1OC. The van der Waals surface area contributed by atoms with Crippen molar-refractivity contribution in [2.45, 2.75) is 44.8 Å². The molecule has 1 heterocycles. The Bertz CT molecular complexity index is 927. The van der Waals surface area contributed by atoms with E-state index >= 15 is 0 Å². The van der Waals surface area contributed by atoms with Crippen molar-refractivity contribution in [3.63, 3.8) is 0 Å². The van der Waals surface area contributed by atoms with Crippen molar-refractivity contribution in [2.24, 2.45) is 5.92 Å². The summed E-state index contributed by atoms with van der Waals surface area (Å²) in [5.41, 5.74) is -0.0998. The lowest BCUT2D eigenvalue weighted by molar-refractivity contribution is -0.163. The van der Waals surface area contributed by atoms with Crippen molar-refractivity contribution in [3.8, 4) is 11.5 Å². The molecule has 3 unspecified atom stereocenters. The molecule has 1 aromatic heterocycles.